The SMILES string of the molecule is OCC1CCCN1c1cc(NC2CCOC3(CCCCC3)C2)ncn1. The molecule has 2 atom stereocenters. The maximum Gasteiger partial charge on any atom is 0.134 e. The zero-order valence-electron chi connectivity index (χ0n) is 15.0. The van der Waals surface area contributed by atoms with Crippen LogP contribution < -0.4 is 10.2 Å². The van der Waals surface area contributed by atoms with Crippen molar-refractivity contribution in [1.29, 1.82) is 0 Å². The standard InChI is InChI=1S/C19H30N4O2/c24-13-16-5-4-9-23(16)18-11-17(20-14-21-18)22-15-6-10-25-19(12-15)7-2-1-3-8-19/h11,14-16,24H,1-10,12-13H2,(H,20,21,22). The molecular weight excluding hydrogens is 316 g/mol. The summed E-state index contributed by atoms with van der Waals surface area (Å²) in [7, 11) is 0. The van der Waals surface area contributed by atoms with E-state index in [-0.39, 0.29) is 18.2 Å². The van der Waals surface area contributed by atoms with Gasteiger partial charge in [0.1, 0.15) is 18.0 Å². The molecule has 3 aliphatic rings. The minimum atomic E-state index is 0.0982. The monoisotopic (exact) mass is 346 g/mol. The lowest BCUT2D eigenvalue weighted by atomic mass is 9.78. The van der Waals surface area contributed by atoms with Crippen LogP contribution in [0.15, 0.2) is 12.4 Å². The van der Waals surface area contributed by atoms with Crippen LogP contribution in [0.25, 0.3) is 0 Å². The van der Waals surface area contributed by atoms with Crippen LogP contribution in [0.4, 0.5) is 11.6 Å². The molecule has 2 aliphatic heterocycles. The first kappa shape index (κ1) is 17.0. The average Bonchev–Trinajstić information content (AvgIpc) is 3.11. The summed E-state index contributed by atoms with van der Waals surface area (Å²) in [6, 6.07) is 2.65. The second-order valence-electron chi connectivity index (χ2n) is 7.86. The van der Waals surface area contributed by atoms with E-state index in [2.05, 4.69) is 20.2 Å². The number of aromatic nitrogens is 2. The van der Waals surface area contributed by atoms with Crippen LogP contribution in [0.1, 0.15) is 57.8 Å². The molecule has 3 fully saturated rings. The van der Waals surface area contributed by atoms with Crippen molar-refractivity contribution >= 4 is 11.6 Å². The molecule has 1 spiro atoms. The number of nitrogens with zero attached hydrogens (tertiary/aromatic N) is 3. The summed E-state index contributed by atoms with van der Waals surface area (Å²) in [5, 5.41) is 13.2. The van der Waals surface area contributed by atoms with Crippen LogP contribution in [0.3, 0.4) is 0 Å². The average molecular weight is 346 g/mol. The highest BCUT2D eigenvalue weighted by Crippen LogP contribution is 2.39. The van der Waals surface area contributed by atoms with Gasteiger partial charge in [0.15, 0.2) is 0 Å². The molecule has 2 saturated heterocycles. The molecule has 6 heteroatoms. The Labute approximate surface area is 150 Å². The minimum Gasteiger partial charge on any atom is -0.394 e. The number of hydrogen-bond donors (Lipinski definition) is 2. The van der Waals surface area contributed by atoms with Crippen LogP contribution in [-0.2, 0) is 4.74 Å². The number of nitrogens with one attached hydrogen (secondary N) is 1. The minimum absolute atomic E-state index is 0.0982. The third-order valence-corrected chi connectivity index (χ3v) is 6.14. The first-order chi connectivity index (χ1) is 12.3. The highest BCUT2D eigenvalue weighted by molar-refractivity contribution is 5.50. The normalized spacial score (nSPS) is 29.1. The lowest BCUT2D eigenvalue weighted by Crippen LogP contribution is -2.45. The van der Waals surface area contributed by atoms with Gasteiger partial charge in [-0.3, -0.25) is 0 Å². The lowest BCUT2D eigenvalue weighted by molar-refractivity contribution is -0.103. The van der Waals surface area contributed by atoms with E-state index in [1.807, 2.05) is 6.07 Å². The van der Waals surface area contributed by atoms with Crippen LogP contribution in [0, 0.1) is 0 Å². The summed E-state index contributed by atoms with van der Waals surface area (Å²) in [6.45, 7) is 1.99. The number of rotatable bonds is 4. The molecule has 0 bridgehead atoms. The zero-order valence-corrected chi connectivity index (χ0v) is 15.0. The Kier molecular flexibility index (Phi) is 5.08. The van der Waals surface area contributed by atoms with Crippen molar-refractivity contribution in [1.82, 2.24) is 9.97 Å². The van der Waals surface area contributed by atoms with Crippen LogP contribution in [0.2, 0.25) is 0 Å². The van der Waals surface area contributed by atoms with Gasteiger partial charge in [-0.1, -0.05) is 19.3 Å². The number of ether oxygens (including phenoxy) is 1. The fraction of sp³-hybridized carbons (Fsp3) is 0.789. The maximum absolute atomic E-state index is 9.55. The molecular formula is C19H30N4O2. The third kappa shape index (κ3) is 3.75. The van der Waals surface area contributed by atoms with Crippen molar-refractivity contribution in [2.75, 3.05) is 30.0 Å². The summed E-state index contributed by atoms with van der Waals surface area (Å²) < 4.78 is 6.20. The van der Waals surface area contributed by atoms with Gasteiger partial charge in [-0.15, -0.1) is 0 Å². The molecule has 3 heterocycles. The number of anilines is 2. The van der Waals surface area contributed by atoms with Gasteiger partial charge in [-0.2, -0.15) is 0 Å². The first-order valence-corrected chi connectivity index (χ1v) is 9.88. The van der Waals surface area contributed by atoms with Crippen molar-refractivity contribution in [2.45, 2.75) is 75.5 Å². The van der Waals surface area contributed by atoms with E-state index in [0.29, 0.717) is 6.04 Å². The van der Waals surface area contributed by atoms with Crippen LogP contribution >= 0.6 is 0 Å². The Morgan fingerprint density at radius 3 is 2.92 bits per heavy atom. The van der Waals surface area contributed by atoms with Gasteiger partial charge < -0.3 is 20.1 Å². The molecule has 0 radical (unpaired) electrons. The number of aliphatic hydroxyl groups excluding tert-OH is 1. The molecule has 0 amide bonds. The second kappa shape index (κ2) is 7.46. The summed E-state index contributed by atoms with van der Waals surface area (Å²) in [4.78, 5) is 11.1. The van der Waals surface area contributed by atoms with Gasteiger partial charge in [-0.25, -0.2) is 9.97 Å². The smallest absolute Gasteiger partial charge is 0.134 e. The van der Waals surface area contributed by atoms with Crippen molar-refractivity contribution in [3.05, 3.63) is 12.4 Å². The molecule has 138 valence electrons. The number of hydrogen-bond acceptors (Lipinski definition) is 6. The summed E-state index contributed by atoms with van der Waals surface area (Å²) in [5.74, 6) is 1.82. The second-order valence-corrected chi connectivity index (χ2v) is 7.86. The topological polar surface area (TPSA) is 70.5 Å². The van der Waals surface area contributed by atoms with E-state index in [4.69, 9.17) is 4.74 Å². The van der Waals surface area contributed by atoms with Crippen molar-refractivity contribution in [2.24, 2.45) is 0 Å². The van der Waals surface area contributed by atoms with Gasteiger partial charge >= 0.3 is 0 Å². The fourth-order valence-corrected chi connectivity index (χ4v) is 4.81. The van der Waals surface area contributed by atoms with Crippen molar-refractivity contribution < 1.29 is 9.84 Å². The van der Waals surface area contributed by atoms with Crippen molar-refractivity contribution in [3.63, 3.8) is 0 Å². The fourth-order valence-electron chi connectivity index (χ4n) is 4.81. The molecule has 2 N–H and O–H groups in total. The lowest BCUT2D eigenvalue weighted by Gasteiger charge is -2.43. The number of aliphatic hydroxyl groups is 1. The quantitative estimate of drug-likeness (QED) is 0.873. The molecule has 4 rings (SSSR count). The highest BCUT2D eigenvalue weighted by Gasteiger charge is 2.38. The van der Waals surface area contributed by atoms with Gasteiger partial charge in [0.2, 0.25) is 0 Å². The van der Waals surface area contributed by atoms with E-state index >= 15 is 0 Å². The molecule has 1 aromatic heterocycles. The van der Waals surface area contributed by atoms with Crippen molar-refractivity contribution in [3.8, 4) is 0 Å². The van der Waals surface area contributed by atoms with E-state index in [1.165, 1.54) is 32.1 Å². The van der Waals surface area contributed by atoms with E-state index in [1.54, 1.807) is 6.33 Å². The maximum atomic E-state index is 9.55. The molecule has 6 nitrogen and oxygen atoms in total. The Bertz CT molecular complexity index is 571. The van der Waals surface area contributed by atoms with E-state index in [0.717, 1.165) is 50.5 Å². The van der Waals surface area contributed by atoms with E-state index < -0.39 is 0 Å². The van der Waals surface area contributed by atoms with Gasteiger partial charge in [0, 0.05) is 25.3 Å². The third-order valence-electron chi connectivity index (χ3n) is 6.14. The summed E-state index contributed by atoms with van der Waals surface area (Å²) in [6.07, 6.45) is 12.2. The molecule has 1 saturated carbocycles. The van der Waals surface area contributed by atoms with E-state index in [9.17, 15) is 5.11 Å². The summed E-state index contributed by atoms with van der Waals surface area (Å²) >= 11 is 0. The molecule has 0 aromatic carbocycles. The predicted molar refractivity (Wildman–Crippen MR) is 97.9 cm³/mol. The molecule has 2 unspecified atom stereocenters. The molecule has 1 aliphatic carbocycles. The highest BCUT2D eigenvalue weighted by atomic mass is 16.5. The Balaban J connectivity index is 1.43. The predicted octanol–water partition coefficient (Wildman–Crippen LogP) is 2.73. The largest absolute Gasteiger partial charge is 0.394 e. The molecule has 25 heavy (non-hydrogen) atoms. The Hall–Kier alpha value is -1.40. The van der Waals surface area contributed by atoms with Gasteiger partial charge in [-0.05, 0) is 38.5 Å². The zero-order chi connectivity index (χ0) is 17.1. The van der Waals surface area contributed by atoms with Gasteiger partial charge in [0.25, 0.3) is 0 Å². The first-order valence-electron chi connectivity index (χ1n) is 9.88. The Morgan fingerprint density at radius 1 is 1.20 bits per heavy atom. The summed E-state index contributed by atoms with van der Waals surface area (Å²) in [5.41, 5.74) is 0.0982. The Morgan fingerprint density at radius 2 is 2.08 bits per heavy atom. The molecule has 1 aromatic rings. The van der Waals surface area contributed by atoms with Crippen LogP contribution in [0.5, 0.6) is 0 Å². The van der Waals surface area contributed by atoms with Crippen LogP contribution in [-0.4, -0.2) is 52.5 Å². The van der Waals surface area contributed by atoms with Gasteiger partial charge in [0.05, 0.1) is 18.2 Å².